The van der Waals surface area contributed by atoms with Crippen LogP contribution in [0.1, 0.15) is 67.3 Å². The van der Waals surface area contributed by atoms with Crippen molar-refractivity contribution in [1.82, 2.24) is 10.2 Å². The highest BCUT2D eigenvalue weighted by atomic mass is 16.2. The number of rotatable bonds is 5. The van der Waals surface area contributed by atoms with Crippen molar-refractivity contribution in [3.8, 4) is 0 Å². The molecule has 1 saturated heterocycles. The number of nitrogens with one attached hydrogen (secondary N) is 1. The molecule has 5 nitrogen and oxygen atoms in total. The monoisotopic (exact) mass is 371 g/mol. The lowest BCUT2D eigenvalue weighted by molar-refractivity contribution is -0.124. The number of hydrogen-bond acceptors (Lipinski definition) is 3. The molecule has 1 aliphatic carbocycles. The van der Waals surface area contributed by atoms with Crippen LogP contribution >= 0.6 is 0 Å². The number of benzene rings is 1. The normalized spacial score (nSPS) is 20.3. The molecule has 0 unspecified atom stereocenters. The maximum Gasteiger partial charge on any atom is 0.253 e. The van der Waals surface area contributed by atoms with Gasteiger partial charge in [-0.05, 0) is 56.7 Å². The summed E-state index contributed by atoms with van der Waals surface area (Å²) in [7, 11) is 0. The summed E-state index contributed by atoms with van der Waals surface area (Å²) in [5, 5.41) is 3.20. The van der Waals surface area contributed by atoms with Gasteiger partial charge in [0, 0.05) is 31.1 Å². The maximum atomic E-state index is 12.6. The highest BCUT2D eigenvalue weighted by molar-refractivity contribution is 5.94. The highest BCUT2D eigenvalue weighted by Crippen LogP contribution is 2.38. The molecule has 5 heteroatoms. The second-order valence-electron chi connectivity index (χ2n) is 8.44. The van der Waals surface area contributed by atoms with Gasteiger partial charge in [-0.1, -0.05) is 37.0 Å². The van der Waals surface area contributed by atoms with Gasteiger partial charge in [-0.25, -0.2) is 0 Å². The van der Waals surface area contributed by atoms with Crippen LogP contribution in [0.4, 0.5) is 0 Å². The molecule has 0 spiro atoms. The van der Waals surface area contributed by atoms with Gasteiger partial charge in [0.25, 0.3) is 5.91 Å². The first-order chi connectivity index (χ1) is 13.0. The van der Waals surface area contributed by atoms with Crippen molar-refractivity contribution in [1.29, 1.82) is 0 Å². The van der Waals surface area contributed by atoms with Crippen molar-refractivity contribution in [3.05, 3.63) is 35.4 Å². The van der Waals surface area contributed by atoms with Gasteiger partial charge < -0.3 is 16.0 Å². The van der Waals surface area contributed by atoms with E-state index in [1.807, 2.05) is 36.1 Å². The Morgan fingerprint density at radius 1 is 1.11 bits per heavy atom. The van der Waals surface area contributed by atoms with Crippen LogP contribution in [-0.2, 0) is 4.79 Å². The molecule has 3 rings (SSSR count). The lowest BCUT2D eigenvalue weighted by atomic mass is 9.71. The summed E-state index contributed by atoms with van der Waals surface area (Å²) in [6.45, 7) is 4.01. The first-order valence-corrected chi connectivity index (χ1v) is 10.4. The van der Waals surface area contributed by atoms with Crippen molar-refractivity contribution in [3.63, 3.8) is 0 Å². The minimum absolute atomic E-state index is 0.00441. The van der Waals surface area contributed by atoms with Crippen LogP contribution < -0.4 is 11.1 Å². The summed E-state index contributed by atoms with van der Waals surface area (Å²) < 4.78 is 0. The molecular formula is C22H33N3O2. The average molecular weight is 372 g/mol. The van der Waals surface area contributed by atoms with E-state index in [0.29, 0.717) is 26.1 Å². The third-order valence-electron chi connectivity index (χ3n) is 6.33. The summed E-state index contributed by atoms with van der Waals surface area (Å²) in [6.07, 6.45) is 7.95. The fraction of sp³-hybridized carbons (Fsp3) is 0.636. The minimum atomic E-state index is 0.00441. The van der Waals surface area contributed by atoms with E-state index in [-0.39, 0.29) is 23.3 Å². The van der Waals surface area contributed by atoms with Crippen molar-refractivity contribution in [2.75, 3.05) is 19.6 Å². The largest absolute Gasteiger partial charge is 0.353 e. The molecule has 148 valence electrons. The van der Waals surface area contributed by atoms with Gasteiger partial charge in [-0.3, -0.25) is 9.59 Å². The van der Waals surface area contributed by atoms with Crippen molar-refractivity contribution >= 4 is 11.8 Å². The first kappa shape index (κ1) is 19.9. The summed E-state index contributed by atoms with van der Waals surface area (Å²) >= 11 is 0. The number of nitrogens with zero attached hydrogens (tertiary/aromatic N) is 1. The van der Waals surface area contributed by atoms with E-state index in [9.17, 15) is 9.59 Å². The topological polar surface area (TPSA) is 75.4 Å². The summed E-state index contributed by atoms with van der Waals surface area (Å²) in [4.78, 5) is 27.1. The van der Waals surface area contributed by atoms with Crippen LogP contribution in [0.25, 0.3) is 0 Å². The number of aryl methyl sites for hydroxylation is 1. The Kier molecular flexibility index (Phi) is 6.53. The van der Waals surface area contributed by atoms with Crippen molar-refractivity contribution in [2.45, 2.75) is 64.3 Å². The molecule has 1 saturated carbocycles. The zero-order valence-corrected chi connectivity index (χ0v) is 16.5. The fourth-order valence-electron chi connectivity index (χ4n) is 4.48. The smallest absolute Gasteiger partial charge is 0.253 e. The minimum Gasteiger partial charge on any atom is -0.353 e. The predicted molar refractivity (Wildman–Crippen MR) is 107 cm³/mol. The van der Waals surface area contributed by atoms with Crippen molar-refractivity contribution in [2.24, 2.45) is 11.1 Å². The van der Waals surface area contributed by atoms with Crippen LogP contribution in [0.5, 0.6) is 0 Å². The van der Waals surface area contributed by atoms with E-state index in [4.69, 9.17) is 5.73 Å². The Morgan fingerprint density at radius 2 is 1.74 bits per heavy atom. The number of nitrogens with two attached hydrogens (primary N) is 1. The van der Waals surface area contributed by atoms with Gasteiger partial charge in [0.2, 0.25) is 5.91 Å². The molecule has 3 N–H and O–H groups in total. The number of carbonyl (C=O) groups excluding carboxylic acids is 2. The molecule has 0 aromatic heterocycles. The Balaban J connectivity index is 1.47. The van der Waals surface area contributed by atoms with E-state index < -0.39 is 0 Å². The Hall–Kier alpha value is -1.88. The maximum absolute atomic E-state index is 12.6. The molecule has 1 aliphatic heterocycles. The van der Waals surface area contributed by atoms with Gasteiger partial charge in [-0.15, -0.1) is 0 Å². The number of piperidine rings is 1. The molecule has 0 atom stereocenters. The highest BCUT2D eigenvalue weighted by Gasteiger charge is 2.34. The fourth-order valence-corrected chi connectivity index (χ4v) is 4.48. The molecule has 2 amide bonds. The molecule has 0 radical (unpaired) electrons. The van der Waals surface area contributed by atoms with Gasteiger partial charge in [-0.2, -0.15) is 0 Å². The second-order valence-corrected chi connectivity index (χ2v) is 8.44. The van der Waals surface area contributed by atoms with Gasteiger partial charge in [0.1, 0.15) is 0 Å². The van der Waals surface area contributed by atoms with E-state index in [2.05, 4.69) is 5.32 Å². The van der Waals surface area contributed by atoms with E-state index in [0.717, 1.165) is 36.8 Å². The molecule has 1 aromatic rings. The number of hydrogen-bond donors (Lipinski definition) is 2. The van der Waals surface area contributed by atoms with E-state index >= 15 is 0 Å². The molecule has 1 heterocycles. The zero-order valence-electron chi connectivity index (χ0n) is 16.5. The van der Waals surface area contributed by atoms with Crippen LogP contribution in [0.15, 0.2) is 24.3 Å². The second kappa shape index (κ2) is 8.87. The summed E-state index contributed by atoms with van der Waals surface area (Å²) in [5.74, 6) is 0.217. The zero-order chi connectivity index (χ0) is 19.3. The predicted octanol–water partition coefficient (Wildman–Crippen LogP) is 3.02. The van der Waals surface area contributed by atoms with Crippen LogP contribution in [-0.4, -0.2) is 42.4 Å². The van der Waals surface area contributed by atoms with Gasteiger partial charge in [0.15, 0.2) is 0 Å². The Morgan fingerprint density at radius 3 is 2.33 bits per heavy atom. The third kappa shape index (κ3) is 5.10. The molecule has 27 heavy (non-hydrogen) atoms. The summed E-state index contributed by atoms with van der Waals surface area (Å²) in [5.41, 5.74) is 7.91. The van der Waals surface area contributed by atoms with Crippen LogP contribution in [0, 0.1) is 12.3 Å². The van der Waals surface area contributed by atoms with E-state index in [1.54, 1.807) is 0 Å². The first-order valence-electron chi connectivity index (χ1n) is 10.4. The van der Waals surface area contributed by atoms with Gasteiger partial charge >= 0.3 is 0 Å². The lowest BCUT2D eigenvalue weighted by Gasteiger charge is -2.37. The Labute approximate surface area is 162 Å². The van der Waals surface area contributed by atoms with Crippen LogP contribution in [0.2, 0.25) is 0 Å². The molecule has 2 fully saturated rings. The molecule has 1 aromatic carbocycles. The molecule has 2 aliphatic rings. The van der Waals surface area contributed by atoms with Gasteiger partial charge in [0.05, 0.1) is 0 Å². The average Bonchev–Trinajstić information content (AvgIpc) is 2.69. The number of amides is 2. The third-order valence-corrected chi connectivity index (χ3v) is 6.33. The van der Waals surface area contributed by atoms with Crippen LogP contribution in [0.3, 0.4) is 0 Å². The van der Waals surface area contributed by atoms with E-state index in [1.165, 1.54) is 19.3 Å². The lowest BCUT2D eigenvalue weighted by Crippen LogP contribution is -2.48. The molecular weight excluding hydrogens is 338 g/mol. The number of carbonyl (C=O) groups is 2. The van der Waals surface area contributed by atoms with Crippen molar-refractivity contribution < 1.29 is 9.59 Å². The molecule has 0 bridgehead atoms. The SMILES string of the molecule is Cc1ccc(C(=O)N2CCC(NC(=O)CC3(CN)CCCCC3)CC2)cc1. The quantitative estimate of drug-likeness (QED) is 0.835. The number of likely N-dealkylation sites (tertiary alicyclic amines) is 1. The summed E-state index contributed by atoms with van der Waals surface area (Å²) in [6, 6.07) is 7.89. The Bertz CT molecular complexity index is 642. The standard InChI is InChI=1S/C22H33N3O2/c1-17-5-7-18(8-6-17)21(27)25-13-9-19(10-14-25)24-20(26)15-22(16-23)11-3-2-4-12-22/h5-8,19H,2-4,9-16,23H2,1H3,(H,24,26).